The molecule has 5 nitrogen and oxygen atoms in total. The molecule has 3 rings (SSSR count). The van der Waals surface area contributed by atoms with Crippen molar-refractivity contribution in [2.24, 2.45) is 23.5 Å². The van der Waals surface area contributed by atoms with Gasteiger partial charge in [-0.25, -0.2) is 0 Å². The van der Waals surface area contributed by atoms with Crippen LogP contribution in [0.2, 0.25) is 0 Å². The molecular formula is C14H24ClN3O2. The van der Waals surface area contributed by atoms with E-state index in [2.05, 4.69) is 10.6 Å². The highest BCUT2D eigenvalue weighted by atomic mass is 35.5. The summed E-state index contributed by atoms with van der Waals surface area (Å²) in [6.45, 7) is 0.492. The summed E-state index contributed by atoms with van der Waals surface area (Å²) in [5.74, 6) is 0.943. The first-order valence-electron chi connectivity index (χ1n) is 7.46. The Labute approximate surface area is 125 Å². The van der Waals surface area contributed by atoms with Crippen LogP contribution in [-0.2, 0) is 9.59 Å². The van der Waals surface area contributed by atoms with Crippen LogP contribution in [0.15, 0.2) is 0 Å². The Morgan fingerprint density at radius 3 is 2.45 bits per heavy atom. The summed E-state index contributed by atoms with van der Waals surface area (Å²) in [7, 11) is 0. The molecule has 1 aliphatic heterocycles. The number of carbonyl (C=O) groups is 2. The van der Waals surface area contributed by atoms with Crippen molar-refractivity contribution in [1.29, 1.82) is 0 Å². The van der Waals surface area contributed by atoms with Gasteiger partial charge in [-0.3, -0.25) is 9.59 Å². The van der Waals surface area contributed by atoms with E-state index in [9.17, 15) is 9.59 Å². The predicted molar refractivity (Wildman–Crippen MR) is 78.3 cm³/mol. The van der Waals surface area contributed by atoms with Crippen molar-refractivity contribution in [3.63, 3.8) is 0 Å². The van der Waals surface area contributed by atoms with Gasteiger partial charge in [0.05, 0.1) is 5.92 Å². The third-order valence-electron chi connectivity index (χ3n) is 5.03. The van der Waals surface area contributed by atoms with E-state index in [4.69, 9.17) is 5.73 Å². The summed E-state index contributed by atoms with van der Waals surface area (Å²) in [4.78, 5) is 23.4. The molecule has 3 unspecified atom stereocenters. The molecule has 0 spiro atoms. The van der Waals surface area contributed by atoms with Crippen LogP contribution in [0.3, 0.4) is 0 Å². The Bertz CT molecular complexity index is 377. The zero-order chi connectivity index (χ0) is 13.4. The molecular weight excluding hydrogens is 278 g/mol. The molecule has 3 aliphatic rings. The Hall–Kier alpha value is -0.810. The van der Waals surface area contributed by atoms with Gasteiger partial charge in [0, 0.05) is 25.0 Å². The lowest BCUT2D eigenvalue weighted by atomic mass is 9.67. The van der Waals surface area contributed by atoms with E-state index in [0.29, 0.717) is 30.8 Å². The molecule has 114 valence electrons. The van der Waals surface area contributed by atoms with E-state index in [1.807, 2.05) is 0 Å². The van der Waals surface area contributed by atoms with Gasteiger partial charge in [0.25, 0.3) is 0 Å². The fourth-order valence-electron chi connectivity index (χ4n) is 4.10. The maximum absolute atomic E-state index is 12.2. The van der Waals surface area contributed by atoms with Gasteiger partial charge in [0.15, 0.2) is 0 Å². The average Bonchev–Trinajstić information content (AvgIpc) is 2.77. The third-order valence-corrected chi connectivity index (χ3v) is 5.03. The summed E-state index contributed by atoms with van der Waals surface area (Å²) >= 11 is 0. The quantitative estimate of drug-likeness (QED) is 0.697. The summed E-state index contributed by atoms with van der Waals surface area (Å²) < 4.78 is 0. The van der Waals surface area contributed by atoms with Crippen molar-refractivity contribution in [3.8, 4) is 0 Å². The highest BCUT2D eigenvalue weighted by Crippen LogP contribution is 2.39. The fourth-order valence-corrected chi connectivity index (χ4v) is 4.10. The second kappa shape index (κ2) is 6.31. The monoisotopic (exact) mass is 301 g/mol. The molecule has 20 heavy (non-hydrogen) atoms. The number of amides is 2. The molecule has 2 aliphatic carbocycles. The number of carbonyl (C=O) groups excluding carboxylic acids is 2. The highest BCUT2D eigenvalue weighted by molar-refractivity contribution is 5.89. The maximum Gasteiger partial charge on any atom is 0.225 e. The van der Waals surface area contributed by atoms with Gasteiger partial charge < -0.3 is 16.4 Å². The Morgan fingerprint density at radius 2 is 1.90 bits per heavy atom. The molecule has 4 N–H and O–H groups in total. The van der Waals surface area contributed by atoms with Crippen molar-refractivity contribution in [3.05, 3.63) is 0 Å². The third kappa shape index (κ3) is 3.09. The average molecular weight is 302 g/mol. The Balaban J connectivity index is 0.00000147. The molecule has 0 aromatic carbocycles. The van der Waals surface area contributed by atoms with Crippen molar-refractivity contribution >= 4 is 24.2 Å². The maximum atomic E-state index is 12.2. The standard InChI is InChI=1S/C14H23N3O2.ClH/c15-11-4-8-2-1-3-9(5-11)13(8)17-14(19)10-6-12(18)16-7-10;/h8-11,13H,1-7,15H2,(H,16,18)(H,17,19);1H. The number of hydrogen-bond acceptors (Lipinski definition) is 3. The first-order valence-corrected chi connectivity index (χ1v) is 7.46. The lowest BCUT2D eigenvalue weighted by molar-refractivity contribution is -0.128. The van der Waals surface area contributed by atoms with E-state index >= 15 is 0 Å². The topological polar surface area (TPSA) is 84.2 Å². The van der Waals surface area contributed by atoms with E-state index in [1.165, 1.54) is 19.3 Å². The van der Waals surface area contributed by atoms with Gasteiger partial charge in [-0.1, -0.05) is 6.42 Å². The zero-order valence-electron chi connectivity index (χ0n) is 11.6. The number of rotatable bonds is 2. The Morgan fingerprint density at radius 1 is 1.25 bits per heavy atom. The van der Waals surface area contributed by atoms with Crippen LogP contribution in [0.4, 0.5) is 0 Å². The molecule has 3 fully saturated rings. The van der Waals surface area contributed by atoms with E-state index in [-0.39, 0.29) is 36.2 Å². The van der Waals surface area contributed by atoms with E-state index in [1.54, 1.807) is 0 Å². The Kier molecular flexibility index (Phi) is 4.91. The molecule has 0 aromatic rings. The van der Waals surface area contributed by atoms with Gasteiger partial charge in [-0.2, -0.15) is 0 Å². The highest BCUT2D eigenvalue weighted by Gasteiger charge is 2.41. The van der Waals surface area contributed by atoms with Gasteiger partial charge in [0.1, 0.15) is 0 Å². The van der Waals surface area contributed by atoms with Crippen LogP contribution >= 0.6 is 12.4 Å². The summed E-state index contributed by atoms with van der Waals surface area (Å²) in [6.07, 6.45) is 6.02. The van der Waals surface area contributed by atoms with Gasteiger partial charge in [-0.05, 0) is 37.5 Å². The van der Waals surface area contributed by atoms with Gasteiger partial charge >= 0.3 is 0 Å². The number of nitrogens with two attached hydrogens (primary N) is 1. The van der Waals surface area contributed by atoms with Crippen molar-refractivity contribution in [2.75, 3.05) is 6.54 Å². The largest absolute Gasteiger partial charge is 0.355 e. The number of nitrogens with one attached hydrogen (secondary N) is 2. The molecule has 2 saturated carbocycles. The number of fused-ring (bicyclic) bond motifs is 2. The number of hydrogen-bond donors (Lipinski definition) is 3. The SMILES string of the molecule is Cl.NC1CC2CCCC(C1)C2NC(=O)C1CNC(=O)C1. The summed E-state index contributed by atoms with van der Waals surface area (Å²) in [6, 6.07) is 0.593. The van der Waals surface area contributed by atoms with Crippen LogP contribution < -0.4 is 16.4 Å². The first kappa shape index (κ1) is 15.6. The summed E-state index contributed by atoms with van der Waals surface area (Å²) in [5, 5.41) is 5.94. The van der Waals surface area contributed by atoms with Crippen LogP contribution in [0.5, 0.6) is 0 Å². The van der Waals surface area contributed by atoms with Crippen LogP contribution in [0.25, 0.3) is 0 Å². The molecule has 1 heterocycles. The van der Waals surface area contributed by atoms with E-state index < -0.39 is 0 Å². The number of halogens is 1. The summed E-state index contributed by atoms with van der Waals surface area (Å²) in [5.41, 5.74) is 6.09. The predicted octanol–water partition coefficient (Wildman–Crippen LogP) is 0.567. The molecule has 6 heteroatoms. The van der Waals surface area contributed by atoms with Gasteiger partial charge in [0.2, 0.25) is 11.8 Å². The molecule has 1 saturated heterocycles. The van der Waals surface area contributed by atoms with Crippen molar-refractivity contribution in [2.45, 2.75) is 50.6 Å². The molecule has 2 bridgehead atoms. The normalized spacial score (nSPS) is 39.6. The van der Waals surface area contributed by atoms with Gasteiger partial charge in [-0.15, -0.1) is 12.4 Å². The minimum absolute atomic E-state index is 0. The second-order valence-electron chi connectivity index (χ2n) is 6.42. The van der Waals surface area contributed by atoms with Crippen molar-refractivity contribution in [1.82, 2.24) is 10.6 Å². The smallest absolute Gasteiger partial charge is 0.225 e. The molecule has 3 atom stereocenters. The lowest BCUT2D eigenvalue weighted by Gasteiger charge is -2.45. The lowest BCUT2D eigenvalue weighted by Crippen LogP contribution is -2.54. The fraction of sp³-hybridized carbons (Fsp3) is 0.857. The zero-order valence-corrected chi connectivity index (χ0v) is 12.5. The van der Waals surface area contributed by atoms with Crippen LogP contribution in [0, 0.1) is 17.8 Å². The van der Waals surface area contributed by atoms with Crippen LogP contribution in [0.1, 0.15) is 38.5 Å². The second-order valence-corrected chi connectivity index (χ2v) is 6.42. The minimum Gasteiger partial charge on any atom is -0.355 e. The minimum atomic E-state index is -0.177. The molecule has 2 amide bonds. The first-order chi connectivity index (χ1) is 9.13. The van der Waals surface area contributed by atoms with Crippen molar-refractivity contribution < 1.29 is 9.59 Å². The van der Waals surface area contributed by atoms with E-state index in [0.717, 1.165) is 12.8 Å². The van der Waals surface area contributed by atoms with Crippen LogP contribution in [-0.4, -0.2) is 30.4 Å². The molecule has 0 radical (unpaired) electrons. The molecule has 0 aromatic heterocycles.